The summed E-state index contributed by atoms with van der Waals surface area (Å²) in [5, 5.41) is 3.53. The fourth-order valence-corrected chi connectivity index (χ4v) is 2.16. The zero-order chi connectivity index (χ0) is 9.90. The molecule has 1 unspecified atom stereocenters. The van der Waals surface area contributed by atoms with E-state index in [9.17, 15) is 0 Å². The highest BCUT2D eigenvalue weighted by atomic mass is 15.2. The Hall–Kier alpha value is -0.0800. The molecular weight excluding hydrogens is 160 g/mol. The Labute approximate surface area is 82.7 Å². The van der Waals surface area contributed by atoms with Crippen molar-refractivity contribution in [2.75, 3.05) is 26.2 Å². The van der Waals surface area contributed by atoms with Crippen molar-refractivity contribution in [3.05, 3.63) is 0 Å². The van der Waals surface area contributed by atoms with Gasteiger partial charge in [0.15, 0.2) is 0 Å². The van der Waals surface area contributed by atoms with E-state index in [4.69, 9.17) is 0 Å². The lowest BCUT2D eigenvalue weighted by molar-refractivity contribution is 0.115. The van der Waals surface area contributed by atoms with Crippen LogP contribution >= 0.6 is 0 Å². The molecule has 2 nitrogen and oxygen atoms in total. The minimum atomic E-state index is 0.396. The lowest BCUT2D eigenvalue weighted by atomic mass is 9.85. The second-order valence-corrected chi connectivity index (χ2v) is 5.07. The first-order chi connectivity index (χ1) is 6.05. The third-order valence-corrected chi connectivity index (χ3v) is 2.98. The Morgan fingerprint density at radius 1 is 1.38 bits per heavy atom. The lowest BCUT2D eigenvalue weighted by Gasteiger charge is -2.38. The van der Waals surface area contributed by atoms with Crippen LogP contribution in [0.15, 0.2) is 0 Å². The summed E-state index contributed by atoms with van der Waals surface area (Å²) in [6, 6.07) is 0.694. The number of likely N-dealkylation sites (N-methyl/N-ethyl adjacent to an activating group) is 1. The maximum atomic E-state index is 3.53. The average molecular weight is 184 g/mol. The van der Waals surface area contributed by atoms with Crippen LogP contribution in [0.1, 0.15) is 34.1 Å². The van der Waals surface area contributed by atoms with Gasteiger partial charge in [0.05, 0.1) is 0 Å². The first-order valence-electron chi connectivity index (χ1n) is 5.50. The molecule has 78 valence electrons. The molecule has 1 rings (SSSR count). The van der Waals surface area contributed by atoms with Crippen LogP contribution in [0.3, 0.4) is 0 Å². The highest BCUT2D eigenvalue weighted by Gasteiger charge is 2.29. The molecule has 1 atom stereocenters. The molecule has 1 fully saturated rings. The van der Waals surface area contributed by atoms with E-state index in [1.165, 1.54) is 26.1 Å². The third kappa shape index (κ3) is 2.96. The monoisotopic (exact) mass is 184 g/mol. The van der Waals surface area contributed by atoms with E-state index in [0.29, 0.717) is 11.5 Å². The summed E-state index contributed by atoms with van der Waals surface area (Å²) in [7, 11) is 0. The van der Waals surface area contributed by atoms with Gasteiger partial charge in [-0.1, -0.05) is 27.7 Å². The van der Waals surface area contributed by atoms with E-state index in [0.717, 1.165) is 6.54 Å². The van der Waals surface area contributed by atoms with Crippen molar-refractivity contribution in [2.45, 2.75) is 40.2 Å². The largest absolute Gasteiger partial charge is 0.315 e. The summed E-state index contributed by atoms with van der Waals surface area (Å²) in [5.41, 5.74) is 0.396. The molecule has 13 heavy (non-hydrogen) atoms. The molecule has 0 aromatic rings. The summed E-state index contributed by atoms with van der Waals surface area (Å²) >= 11 is 0. The van der Waals surface area contributed by atoms with E-state index in [1.54, 1.807) is 0 Å². The highest BCUT2D eigenvalue weighted by Crippen LogP contribution is 2.24. The van der Waals surface area contributed by atoms with Crippen LogP contribution < -0.4 is 5.32 Å². The first-order valence-corrected chi connectivity index (χ1v) is 5.50. The summed E-state index contributed by atoms with van der Waals surface area (Å²) < 4.78 is 0. The van der Waals surface area contributed by atoms with E-state index in [-0.39, 0.29) is 0 Å². The van der Waals surface area contributed by atoms with Gasteiger partial charge in [-0.25, -0.2) is 0 Å². The van der Waals surface area contributed by atoms with Gasteiger partial charge in [0.25, 0.3) is 0 Å². The number of hydrogen-bond acceptors (Lipinski definition) is 2. The van der Waals surface area contributed by atoms with Gasteiger partial charge in [-0.05, 0) is 31.5 Å². The van der Waals surface area contributed by atoms with Crippen molar-refractivity contribution >= 4 is 0 Å². The van der Waals surface area contributed by atoms with E-state index >= 15 is 0 Å². The molecule has 1 saturated heterocycles. The Morgan fingerprint density at radius 2 is 2.08 bits per heavy atom. The van der Waals surface area contributed by atoms with Crippen LogP contribution in [0.4, 0.5) is 0 Å². The topological polar surface area (TPSA) is 15.3 Å². The van der Waals surface area contributed by atoms with Crippen molar-refractivity contribution in [3.8, 4) is 0 Å². The van der Waals surface area contributed by atoms with E-state index < -0.39 is 0 Å². The van der Waals surface area contributed by atoms with Gasteiger partial charge in [-0.15, -0.1) is 0 Å². The van der Waals surface area contributed by atoms with Gasteiger partial charge in [0.2, 0.25) is 0 Å². The van der Waals surface area contributed by atoms with E-state index in [2.05, 4.69) is 37.9 Å². The maximum Gasteiger partial charge on any atom is 0.0268 e. The number of nitrogens with zero attached hydrogens (tertiary/aromatic N) is 1. The Balaban J connectivity index is 2.65. The predicted molar refractivity (Wildman–Crippen MR) is 58.0 cm³/mol. The average Bonchev–Trinajstić information content (AvgIpc) is 2.26. The van der Waals surface area contributed by atoms with Crippen LogP contribution in [-0.4, -0.2) is 37.1 Å². The molecule has 1 heterocycles. The number of hydrogen-bond donors (Lipinski definition) is 1. The lowest BCUT2D eigenvalue weighted by Crippen LogP contribution is -2.47. The Bertz CT molecular complexity index is 149. The van der Waals surface area contributed by atoms with Gasteiger partial charge in [-0.3, -0.25) is 4.90 Å². The van der Waals surface area contributed by atoms with Gasteiger partial charge in [0, 0.05) is 12.6 Å². The Morgan fingerprint density at radius 3 is 2.62 bits per heavy atom. The van der Waals surface area contributed by atoms with Crippen LogP contribution in [0.25, 0.3) is 0 Å². The molecule has 2 heteroatoms. The number of rotatable bonds is 1. The Kier molecular flexibility index (Phi) is 3.74. The molecule has 1 aliphatic heterocycles. The van der Waals surface area contributed by atoms with Gasteiger partial charge >= 0.3 is 0 Å². The van der Waals surface area contributed by atoms with E-state index in [1.807, 2.05) is 0 Å². The van der Waals surface area contributed by atoms with Crippen LogP contribution in [-0.2, 0) is 0 Å². The molecular formula is C11H24N2. The van der Waals surface area contributed by atoms with Crippen molar-refractivity contribution in [1.29, 1.82) is 0 Å². The van der Waals surface area contributed by atoms with Crippen LogP contribution in [0.5, 0.6) is 0 Å². The quantitative estimate of drug-likeness (QED) is 0.667. The third-order valence-electron chi connectivity index (χ3n) is 2.98. The minimum Gasteiger partial charge on any atom is -0.315 e. The fourth-order valence-electron chi connectivity index (χ4n) is 2.16. The molecule has 0 spiro atoms. The van der Waals surface area contributed by atoms with Gasteiger partial charge in [0.1, 0.15) is 0 Å². The van der Waals surface area contributed by atoms with Gasteiger partial charge < -0.3 is 5.32 Å². The molecule has 0 amide bonds. The molecule has 0 aromatic carbocycles. The fraction of sp³-hybridized carbons (Fsp3) is 1.00. The van der Waals surface area contributed by atoms with Crippen molar-refractivity contribution in [3.63, 3.8) is 0 Å². The highest BCUT2D eigenvalue weighted by molar-refractivity contribution is 4.86. The molecule has 1 N–H and O–H groups in total. The van der Waals surface area contributed by atoms with Crippen molar-refractivity contribution in [2.24, 2.45) is 5.41 Å². The zero-order valence-corrected chi connectivity index (χ0v) is 9.56. The molecule has 0 aliphatic carbocycles. The second kappa shape index (κ2) is 4.43. The maximum absolute atomic E-state index is 3.53. The van der Waals surface area contributed by atoms with Crippen molar-refractivity contribution < 1.29 is 0 Å². The molecule has 0 aromatic heterocycles. The van der Waals surface area contributed by atoms with Gasteiger partial charge in [-0.2, -0.15) is 0 Å². The molecule has 1 aliphatic rings. The summed E-state index contributed by atoms with van der Waals surface area (Å²) in [6.07, 6.45) is 1.29. The predicted octanol–water partition coefficient (Wildman–Crippen LogP) is 1.72. The normalized spacial score (nSPS) is 27.2. The molecule has 0 radical (unpaired) electrons. The van der Waals surface area contributed by atoms with Crippen LogP contribution in [0.2, 0.25) is 0 Å². The summed E-state index contributed by atoms with van der Waals surface area (Å²) in [5.74, 6) is 0. The second-order valence-electron chi connectivity index (χ2n) is 5.07. The molecule has 0 bridgehead atoms. The first kappa shape index (κ1) is 11.0. The van der Waals surface area contributed by atoms with Crippen molar-refractivity contribution in [1.82, 2.24) is 10.2 Å². The smallest absolute Gasteiger partial charge is 0.0268 e. The van der Waals surface area contributed by atoms with Crippen LogP contribution in [0, 0.1) is 5.41 Å². The number of nitrogens with one attached hydrogen (secondary N) is 1. The molecule has 0 saturated carbocycles. The zero-order valence-electron chi connectivity index (χ0n) is 9.56. The summed E-state index contributed by atoms with van der Waals surface area (Å²) in [6.45, 7) is 14.1. The standard InChI is InChI=1S/C11H24N2/c1-5-13-8-6-7-12-9-10(13)11(2,3)4/h10,12H,5-9H2,1-4H3. The minimum absolute atomic E-state index is 0.396. The summed E-state index contributed by atoms with van der Waals surface area (Å²) in [4.78, 5) is 2.61. The SMILES string of the molecule is CCN1CCCNCC1C(C)(C)C.